The summed E-state index contributed by atoms with van der Waals surface area (Å²) < 4.78 is 10.6. The van der Waals surface area contributed by atoms with Gasteiger partial charge in [-0.25, -0.2) is 4.79 Å². The van der Waals surface area contributed by atoms with Gasteiger partial charge in [0.15, 0.2) is 11.5 Å². The fraction of sp³-hybridized carbons (Fsp3) is 0.348. The first-order chi connectivity index (χ1) is 14.9. The van der Waals surface area contributed by atoms with Crippen molar-refractivity contribution in [1.29, 1.82) is 0 Å². The van der Waals surface area contributed by atoms with Crippen molar-refractivity contribution >= 4 is 23.5 Å². The van der Waals surface area contributed by atoms with E-state index in [9.17, 15) is 14.4 Å². The number of hydrogen-bond acceptors (Lipinski definition) is 5. The van der Waals surface area contributed by atoms with E-state index in [0.29, 0.717) is 23.1 Å². The van der Waals surface area contributed by atoms with Crippen molar-refractivity contribution < 1.29 is 23.9 Å². The molecule has 162 valence electrons. The zero-order chi connectivity index (χ0) is 22.0. The van der Waals surface area contributed by atoms with Gasteiger partial charge in [0.25, 0.3) is 5.91 Å². The Labute approximate surface area is 180 Å². The lowest BCUT2D eigenvalue weighted by molar-refractivity contribution is -0.128. The third kappa shape index (κ3) is 4.63. The summed E-state index contributed by atoms with van der Waals surface area (Å²) >= 11 is 0. The number of carbonyl (C=O) groups is 3. The molecule has 31 heavy (non-hydrogen) atoms. The van der Waals surface area contributed by atoms with E-state index in [-0.39, 0.29) is 38.0 Å². The molecule has 0 bridgehead atoms. The minimum Gasteiger partial charge on any atom is -0.454 e. The van der Waals surface area contributed by atoms with Crippen LogP contribution >= 0.6 is 0 Å². The topological polar surface area (TPSA) is 97.0 Å². The number of imide groups is 1. The average molecular weight is 423 g/mol. The maximum atomic E-state index is 12.7. The van der Waals surface area contributed by atoms with Crippen LogP contribution in [-0.2, 0) is 16.1 Å². The Kier molecular flexibility index (Phi) is 5.79. The van der Waals surface area contributed by atoms with Crippen molar-refractivity contribution in [2.75, 3.05) is 12.1 Å². The van der Waals surface area contributed by atoms with Crippen LogP contribution in [0.25, 0.3) is 0 Å². The second-order valence-corrected chi connectivity index (χ2v) is 7.98. The molecule has 2 heterocycles. The number of nitrogens with one attached hydrogen (secondary N) is 2. The zero-order valence-electron chi connectivity index (χ0n) is 17.5. The lowest BCUT2D eigenvalue weighted by Crippen LogP contribution is -2.31. The molecule has 2 aliphatic rings. The molecule has 8 heteroatoms. The molecule has 2 N–H and O–H groups in total. The monoisotopic (exact) mass is 423 g/mol. The Morgan fingerprint density at radius 2 is 1.87 bits per heavy atom. The number of anilines is 1. The van der Waals surface area contributed by atoms with E-state index in [2.05, 4.69) is 24.5 Å². The number of ether oxygens (including phenoxy) is 2. The zero-order valence-corrected chi connectivity index (χ0v) is 17.5. The van der Waals surface area contributed by atoms with E-state index in [4.69, 9.17) is 9.47 Å². The largest absolute Gasteiger partial charge is 0.454 e. The molecule has 2 aliphatic heterocycles. The number of benzene rings is 2. The number of nitrogens with zero attached hydrogens (tertiary/aromatic N) is 1. The summed E-state index contributed by atoms with van der Waals surface area (Å²) in [7, 11) is 0. The molecule has 1 atom stereocenters. The molecule has 0 aliphatic carbocycles. The van der Waals surface area contributed by atoms with Gasteiger partial charge in [-0.15, -0.1) is 0 Å². The molecule has 0 aromatic heterocycles. The Bertz CT molecular complexity index is 1000. The summed E-state index contributed by atoms with van der Waals surface area (Å²) in [6, 6.07) is 11.8. The third-order valence-corrected chi connectivity index (χ3v) is 5.41. The van der Waals surface area contributed by atoms with Gasteiger partial charge in [0.05, 0.1) is 6.54 Å². The average Bonchev–Trinajstić information content (AvgIpc) is 3.32. The second kappa shape index (κ2) is 8.67. The van der Waals surface area contributed by atoms with Gasteiger partial charge in [-0.1, -0.05) is 32.0 Å². The molecule has 1 fully saturated rings. The number of hydrogen-bond donors (Lipinski definition) is 2. The van der Waals surface area contributed by atoms with Crippen molar-refractivity contribution in [2.24, 2.45) is 0 Å². The highest BCUT2D eigenvalue weighted by Gasteiger charge is 2.38. The van der Waals surface area contributed by atoms with Crippen LogP contribution in [0.5, 0.6) is 11.5 Å². The predicted octanol–water partition coefficient (Wildman–Crippen LogP) is 3.38. The highest BCUT2D eigenvalue weighted by Crippen LogP contribution is 2.33. The van der Waals surface area contributed by atoms with E-state index >= 15 is 0 Å². The number of carbonyl (C=O) groups excluding carboxylic acids is 3. The van der Waals surface area contributed by atoms with E-state index in [1.165, 1.54) is 5.56 Å². The van der Waals surface area contributed by atoms with Crippen LogP contribution < -0.4 is 20.1 Å². The van der Waals surface area contributed by atoms with Crippen LogP contribution in [-0.4, -0.2) is 35.6 Å². The van der Waals surface area contributed by atoms with Crippen LogP contribution in [0.15, 0.2) is 42.5 Å². The standard InChI is InChI=1S/C23H25N3O5/c1-14(2)16-4-6-17(7-5-16)24-21(27)10-8-18-22(28)26(23(29)25-18)12-15-3-9-19-20(11-15)31-13-30-19/h3-7,9,11,14,18H,8,10,12-13H2,1-2H3,(H,24,27)(H,25,29). The smallest absolute Gasteiger partial charge is 0.325 e. The Hall–Kier alpha value is -3.55. The summed E-state index contributed by atoms with van der Waals surface area (Å²) in [5.74, 6) is 1.12. The molecule has 1 unspecified atom stereocenters. The third-order valence-electron chi connectivity index (χ3n) is 5.41. The summed E-state index contributed by atoms with van der Waals surface area (Å²) in [5.41, 5.74) is 2.66. The maximum absolute atomic E-state index is 12.7. The predicted molar refractivity (Wildman–Crippen MR) is 114 cm³/mol. The van der Waals surface area contributed by atoms with Gasteiger partial charge in [-0.05, 0) is 47.7 Å². The minimum atomic E-state index is -0.712. The van der Waals surface area contributed by atoms with Crippen LogP contribution in [0.2, 0.25) is 0 Å². The first-order valence-electron chi connectivity index (χ1n) is 10.3. The molecule has 4 rings (SSSR count). The molecule has 2 aromatic carbocycles. The Balaban J connectivity index is 1.30. The van der Waals surface area contributed by atoms with E-state index in [1.54, 1.807) is 18.2 Å². The van der Waals surface area contributed by atoms with E-state index < -0.39 is 12.1 Å². The van der Waals surface area contributed by atoms with E-state index in [1.807, 2.05) is 24.3 Å². The minimum absolute atomic E-state index is 0.125. The van der Waals surface area contributed by atoms with Gasteiger partial charge in [0.2, 0.25) is 12.7 Å². The van der Waals surface area contributed by atoms with Gasteiger partial charge in [-0.2, -0.15) is 0 Å². The van der Waals surface area contributed by atoms with Crippen molar-refractivity contribution in [2.45, 2.75) is 45.2 Å². The summed E-state index contributed by atoms with van der Waals surface area (Å²) in [4.78, 5) is 38.4. The number of amides is 4. The second-order valence-electron chi connectivity index (χ2n) is 7.98. The lowest BCUT2D eigenvalue weighted by Gasteiger charge is -2.13. The molecule has 2 aromatic rings. The van der Waals surface area contributed by atoms with Crippen LogP contribution in [0.3, 0.4) is 0 Å². The highest BCUT2D eigenvalue weighted by atomic mass is 16.7. The van der Waals surface area contributed by atoms with Gasteiger partial charge < -0.3 is 20.1 Å². The van der Waals surface area contributed by atoms with Crippen molar-refractivity contribution in [1.82, 2.24) is 10.2 Å². The Morgan fingerprint density at radius 3 is 2.61 bits per heavy atom. The molecule has 1 saturated heterocycles. The van der Waals surface area contributed by atoms with E-state index in [0.717, 1.165) is 10.5 Å². The van der Waals surface area contributed by atoms with Gasteiger partial charge >= 0.3 is 6.03 Å². The number of urea groups is 1. The first-order valence-corrected chi connectivity index (χ1v) is 10.3. The quantitative estimate of drug-likeness (QED) is 0.666. The Morgan fingerprint density at radius 1 is 1.13 bits per heavy atom. The van der Waals surface area contributed by atoms with Crippen molar-refractivity contribution in [3.05, 3.63) is 53.6 Å². The summed E-state index contributed by atoms with van der Waals surface area (Å²) in [6.45, 7) is 4.51. The normalized spacial score (nSPS) is 17.3. The molecular formula is C23H25N3O5. The molecule has 4 amide bonds. The molecular weight excluding hydrogens is 398 g/mol. The summed E-state index contributed by atoms with van der Waals surface area (Å²) in [5, 5.41) is 5.50. The lowest BCUT2D eigenvalue weighted by atomic mass is 10.0. The van der Waals surface area contributed by atoms with Crippen molar-refractivity contribution in [3.8, 4) is 11.5 Å². The molecule has 0 saturated carbocycles. The SMILES string of the molecule is CC(C)c1ccc(NC(=O)CCC2NC(=O)N(Cc3ccc4c(c3)OCO4)C2=O)cc1. The number of rotatable bonds is 7. The van der Waals surface area contributed by atoms with Crippen molar-refractivity contribution in [3.63, 3.8) is 0 Å². The fourth-order valence-electron chi connectivity index (χ4n) is 3.59. The summed E-state index contributed by atoms with van der Waals surface area (Å²) in [6.07, 6.45) is 0.360. The maximum Gasteiger partial charge on any atom is 0.325 e. The number of fused-ring (bicyclic) bond motifs is 1. The van der Waals surface area contributed by atoms with Gasteiger partial charge in [-0.3, -0.25) is 14.5 Å². The fourth-order valence-corrected chi connectivity index (χ4v) is 3.59. The highest BCUT2D eigenvalue weighted by molar-refractivity contribution is 6.04. The van der Waals surface area contributed by atoms with Crippen LogP contribution in [0, 0.1) is 0 Å². The molecule has 8 nitrogen and oxygen atoms in total. The van der Waals surface area contributed by atoms with Crippen LogP contribution in [0.1, 0.15) is 43.7 Å². The van der Waals surface area contributed by atoms with Crippen LogP contribution in [0.4, 0.5) is 10.5 Å². The van der Waals surface area contributed by atoms with Gasteiger partial charge in [0.1, 0.15) is 6.04 Å². The van der Waals surface area contributed by atoms with Gasteiger partial charge in [0, 0.05) is 12.1 Å². The first kappa shape index (κ1) is 20.7. The molecule has 0 radical (unpaired) electrons. The molecule has 0 spiro atoms.